The molecule has 3 aromatic rings. The maximum Gasteiger partial charge on any atom is 0.170 e. The van der Waals surface area contributed by atoms with Crippen LogP contribution in [0.2, 0.25) is 0 Å². The van der Waals surface area contributed by atoms with Gasteiger partial charge in [-0.15, -0.1) is 0 Å². The number of rotatable bonds is 5. The van der Waals surface area contributed by atoms with Crippen molar-refractivity contribution in [3.05, 3.63) is 48.0 Å². The van der Waals surface area contributed by atoms with Gasteiger partial charge in [0.05, 0.1) is 19.4 Å². The Labute approximate surface area is 154 Å². The van der Waals surface area contributed by atoms with Crippen molar-refractivity contribution in [2.75, 3.05) is 25.6 Å². The minimum atomic E-state index is -0.900. The van der Waals surface area contributed by atoms with Crippen molar-refractivity contribution in [1.29, 1.82) is 0 Å². The van der Waals surface area contributed by atoms with E-state index in [9.17, 15) is 8.78 Å². The van der Waals surface area contributed by atoms with E-state index in [1.54, 1.807) is 19.2 Å². The summed E-state index contributed by atoms with van der Waals surface area (Å²) in [6, 6.07) is 9.42. The minimum Gasteiger partial charge on any atom is -0.495 e. The molecule has 136 valence electrons. The number of aromatic amines is 1. The van der Waals surface area contributed by atoms with Crippen molar-refractivity contribution in [2.45, 2.75) is 0 Å². The van der Waals surface area contributed by atoms with Crippen molar-refractivity contribution in [3.63, 3.8) is 0 Å². The fourth-order valence-corrected chi connectivity index (χ4v) is 2.80. The molecule has 0 fully saturated rings. The Morgan fingerprint density at radius 3 is 2.69 bits per heavy atom. The summed E-state index contributed by atoms with van der Waals surface area (Å²) in [7, 11) is 1.54. The molecule has 1 aromatic heterocycles. The first kappa shape index (κ1) is 18.1. The van der Waals surface area contributed by atoms with Gasteiger partial charge in [-0.05, 0) is 42.5 Å². The van der Waals surface area contributed by atoms with Crippen LogP contribution in [0.15, 0.2) is 36.4 Å². The van der Waals surface area contributed by atoms with Gasteiger partial charge in [0.2, 0.25) is 0 Å². The molecule has 0 saturated carbocycles. The summed E-state index contributed by atoms with van der Waals surface area (Å²) in [5.74, 6) is -1.21. The van der Waals surface area contributed by atoms with Gasteiger partial charge in [-0.3, -0.25) is 0 Å². The highest BCUT2D eigenvalue weighted by atomic mass is 32.1. The quantitative estimate of drug-likeness (QED) is 0.513. The van der Waals surface area contributed by atoms with Crippen LogP contribution in [0.1, 0.15) is 0 Å². The topological polar surface area (TPSA) is 69.3 Å². The molecule has 3 rings (SSSR count). The number of anilines is 1. The predicted molar refractivity (Wildman–Crippen MR) is 102 cm³/mol. The number of ether oxygens (including phenoxy) is 1. The van der Waals surface area contributed by atoms with E-state index in [4.69, 9.17) is 22.1 Å². The van der Waals surface area contributed by atoms with Crippen molar-refractivity contribution in [1.82, 2.24) is 10.3 Å². The molecule has 0 spiro atoms. The highest BCUT2D eigenvalue weighted by Gasteiger charge is 2.11. The number of H-pyrrole nitrogens is 1. The van der Waals surface area contributed by atoms with Crippen LogP contribution in [0.5, 0.6) is 5.75 Å². The van der Waals surface area contributed by atoms with E-state index in [0.29, 0.717) is 39.7 Å². The third-order valence-corrected chi connectivity index (χ3v) is 4.06. The van der Waals surface area contributed by atoms with Crippen LogP contribution in [-0.4, -0.2) is 35.5 Å². The SMILES string of the molecule is COc1ccc(-c2cc3cc(F)c(F)cc3[nH]2)cc1NC(=S)NCCO. The molecule has 0 radical (unpaired) electrons. The lowest BCUT2D eigenvalue weighted by Gasteiger charge is -2.14. The highest BCUT2D eigenvalue weighted by molar-refractivity contribution is 7.80. The summed E-state index contributed by atoms with van der Waals surface area (Å²) in [4.78, 5) is 3.08. The number of hydrogen-bond donors (Lipinski definition) is 4. The first-order valence-corrected chi connectivity index (χ1v) is 8.24. The number of benzene rings is 2. The largest absolute Gasteiger partial charge is 0.495 e. The molecule has 1 heterocycles. The van der Waals surface area contributed by atoms with Gasteiger partial charge in [0.1, 0.15) is 5.75 Å². The number of fused-ring (bicyclic) bond motifs is 1. The second-order valence-corrected chi connectivity index (χ2v) is 5.96. The normalized spacial score (nSPS) is 10.8. The first-order valence-electron chi connectivity index (χ1n) is 7.83. The summed E-state index contributed by atoms with van der Waals surface area (Å²) in [6.45, 7) is 0.286. The highest BCUT2D eigenvalue weighted by Crippen LogP contribution is 2.32. The van der Waals surface area contributed by atoms with E-state index in [1.807, 2.05) is 12.1 Å². The number of aliphatic hydroxyl groups excluding tert-OH is 1. The molecule has 8 heteroatoms. The standard InChI is InChI=1S/C18H17F2N3O2S/c1-25-17-3-2-10(7-16(17)23-18(26)21-4-5-24)14-8-11-6-12(19)13(20)9-15(11)22-14/h2-3,6-9,22,24H,4-5H2,1H3,(H2,21,23,26). The van der Waals surface area contributed by atoms with Crippen molar-refractivity contribution < 1.29 is 18.6 Å². The van der Waals surface area contributed by atoms with Gasteiger partial charge in [-0.25, -0.2) is 8.78 Å². The van der Waals surface area contributed by atoms with Crippen molar-refractivity contribution >= 4 is 33.9 Å². The number of hydrogen-bond acceptors (Lipinski definition) is 3. The number of nitrogens with one attached hydrogen (secondary N) is 3. The Kier molecular flexibility index (Phi) is 5.34. The van der Waals surface area contributed by atoms with Crippen LogP contribution in [0, 0.1) is 11.6 Å². The van der Waals surface area contributed by atoms with E-state index >= 15 is 0 Å². The predicted octanol–water partition coefficient (Wildman–Crippen LogP) is 3.40. The second-order valence-electron chi connectivity index (χ2n) is 5.56. The smallest absolute Gasteiger partial charge is 0.170 e. The zero-order chi connectivity index (χ0) is 18.7. The van der Waals surface area contributed by atoms with Gasteiger partial charge in [0.15, 0.2) is 16.7 Å². The van der Waals surface area contributed by atoms with E-state index in [-0.39, 0.29) is 6.61 Å². The Morgan fingerprint density at radius 2 is 1.96 bits per heavy atom. The molecule has 0 unspecified atom stereocenters. The third-order valence-electron chi connectivity index (χ3n) is 3.82. The summed E-state index contributed by atoms with van der Waals surface area (Å²) in [5, 5.41) is 15.6. The van der Waals surface area contributed by atoms with Crippen LogP contribution in [0.4, 0.5) is 14.5 Å². The summed E-state index contributed by atoms with van der Waals surface area (Å²) < 4.78 is 32.1. The fourth-order valence-electron chi connectivity index (χ4n) is 2.59. The Balaban J connectivity index is 1.95. The summed E-state index contributed by atoms with van der Waals surface area (Å²) in [5.41, 5.74) is 2.61. The second kappa shape index (κ2) is 7.67. The van der Waals surface area contributed by atoms with Gasteiger partial charge in [0.25, 0.3) is 0 Å². The van der Waals surface area contributed by atoms with Crippen molar-refractivity contribution in [3.8, 4) is 17.0 Å². The molecule has 2 aromatic carbocycles. The maximum atomic E-state index is 13.4. The average molecular weight is 377 g/mol. The maximum absolute atomic E-state index is 13.4. The van der Waals surface area contributed by atoms with E-state index in [0.717, 1.165) is 17.7 Å². The van der Waals surface area contributed by atoms with Gasteiger partial charge in [-0.1, -0.05) is 0 Å². The van der Waals surface area contributed by atoms with Crippen LogP contribution in [0.3, 0.4) is 0 Å². The van der Waals surface area contributed by atoms with Gasteiger partial charge in [-0.2, -0.15) is 0 Å². The molecule has 26 heavy (non-hydrogen) atoms. The molecule has 0 saturated heterocycles. The summed E-state index contributed by atoms with van der Waals surface area (Å²) >= 11 is 5.17. The molecular formula is C18H17F2N3O2S. The molecule has 0 aliphatic heterocycles. The van der Waals surface area contributed by atoms with Crippen molar-refractivity contribution in [2.24, 2.45) is 0 Å². The molecule has 5 nitrogen and oxygen atoms in total. The van der Waals surface area contributed by atoms with E-state index in [1.165, 1.54) is 0 Å². The molecule has 0 amide bonds. The van der Waals surface area contributed by atoms with Crippen LogP contribution < -0.4 is 15.4 Å². The minimum absolute atomic E-state index is 0.0405. The molecule has 0 atom stereocenters. The van der Waals surface area contributed by atoms with E-state index in [2.05, 4.69) is 15.6 Å². The number of halogens is 2. The Hall–Kier alpha value is -2.71. The molecular weight excluding hydrogens is 360 g/mol. The van der Waals surface area contributed by atoms with Crippen LogP contribution in [-0.2, 0) is 0 Å². The zero-order valence-electron chi connectivity index (χ0n) is 13.9. The zero-order valence-corrected chi connectivity index (χ0v) is 14.7. The lowest BCUT2D eigenvalue weighted by Crippen LogP contribution is -2.30. The number of thiocarbonyl (C=S) groups is 1. The first-order chi connectivity index (χ1) is 12.5. The van der Waals surface area contributed by atoms with Crippen LogP contribution in [0.25, 0.3) is 22.2 Å². The van der Waals surface area contributed by atoms with E-state index < -0.39 is 11.6 Å². The molecule has 0 bridgehead atoms. The number of aliphatic hydroxyl groups is 1. The fraction of sp³-hybridized carbons (Fsp3) is 0.167. The van der Waals surface area contributed by atoms with Gasteiger partial charge < -0.3 is 25.5 Å². The summed E-state index contributed by atoms with van der Waals surface area (Å²) in [6.07, 6.45) is 0. The van der Waals surface area contributed by atoms with Gasteiger partial charge >= 0.3 is 0 Å². The number of aromatic nitrogens is 1. The monoisotopic (exact) mass is 377 g/mol. The Morgan fingerprint density at radius 1 is 1.19 bits per heavy atom. The molecule has 0 aliphatic carbocycles. The van der Waals surface area contributed by atoms with Crippen LogP contribution >= 0.6 is 12.2 Å². The number of methoxy groups -OCH3 is 1. The average Bonchev–Trinajstić information content (AvgIpc) is 3.03. The van der Waals surface area contributed by atoms with Gasteiger partial charge in [0, 0.05) is 34.8 Å². The lowest BCUT2D eigenvalue weighted by atomic mass is 10.1. The molecule has 0 aliphatic rings. The molecule has 4 N–H and O–H groups in total. The Bertz CT molecular complexity index is 920. The lowest BCUT2D eigenvalue weighted by molar-refractivity contribution is 0.300. The third kappa shape index (κ3) is 3.76.